The van der Waals surface area contributed by atoms with Gasteiger partial charge in [0.15, 0.2) is 11.5 Å². The first-order valence-corrected chi connectivity index (χ1v) is 5.85. The Kier molecular flexibility index (Phi) is 4.07. The van der Waals surface area contributed by atoms with Gasteiger partial charge in [-0.15, -0.1) is 0 Å². The van der Waals surface area contributed by atoms with Gasteiger partial charge in [-0.2, -0.15) is 0 Å². The number of nitrogens with two attached hydrogens (primary N) is 1. The molecule has 0 bridgehead atoms. The second-order valence-corrected chi connectivity index (χ2v) is 4.03. The first-order chi connectivity index (χ1) is 9.19. The molecule has 0 spiro atoms. The number of hydrogen-bond acceptors (Lipinski definition) is 5. The molecule has 0 aliphatic carbocycles. The van der Waals surface area contributed by atoms with Crippen molar-refractivity contribution < 1.29 is 19.5 Å². The Hall–Kier alpha value is -2.44. The van der Waals surface area contributed by atoms with E-state index in [1.807, 2.05) is 0 Å². The van der Waals surface area contributed by atoms with Crippen LogP contribution in [0.5, 0.6) is 11.5 Å². The minimum atomic E-state index is -0.371. The fourth-order valence-electron chi connectivity index (χ4n) is 1.65. The van der Waals surface area contributed by atoms with E-state index in [4.69, 9.17) is 20.4 Å². The Balaban J connectivity index is 2.05. The molecule has 0 saturated carbocycles. The number of nitrogens with one attached hydrogen (secondary N) is 1. The number of carbonyl (C=O) groups excluding carboxylic acids is 1. The Labute approximate surface area is 110 Å². The molecule has 1 heterocycles. The summed E-state index contributed by atoms with van der Waals surface area (Å²) in [5.74, 6) is 0.739. The number of amides is 1. The largest absolute Gasteiger partial charge is 0.490 e. The third-order valence-electron chi connectivity index (χ3n) is 2.50. The molecule has 1 aliphatic rings. The molecule has 0 saturated heterocycles. The van der Waals surface area contributed by atoms with Crippen LogP contribution in [0, 0.1) is 0 Å². The summed E-state index contributed by atoms with van der Waals surface area (Å²) in [5.41, 5.74) is 5.82. The molecule has 19 heavy (non-hydrogen) atoms. The normalized spacial score (nSPS) is 14.6. The molecule has 7 nitrogen and oxygen atoms in total. The molecule has 102 valence electrons. The number of fused-ring (bicyclic) bond motifs is 1. The third-order valence-corrected chi connectivity index (χ3v) is 2.50. The van der Waals surface area contributed by atoms with E-state index in [0.717, 1.165) is 6.42 Å². The van der Waals surface area contributed by atoms with Crippen LogP contribution in [0.1, 0.15) is 12.8 Å². The van der Waals surface area contributed by atoms with E-state index in [1.54, 1.807) is 18.2 Å². The zero-order valence-corrected chi connectivity index (χ0v) is 10.3. The zero-order chi connectivity index (χ0) is 13.7. The van der Waals surface area contributed by atoms with Gasteiger partial charge in [-0.1, -0.05) is 5.16 Å². The Bertz CT molecular complexity index is 502. The zero-order valence-electron chi connectivity index (χ0n) is 10.3. The van der Waals surface area contributed by atoms with Crippen LogP contribution in [-0.2, 0) is 4.79 Å². The third kappa shape index (κ3) is 3.51. The van der Waals surface area contributed by atoms with Gasteiger partial charge < -0.3 is 25.7 Å². The van der Waals surface area contributed by atoms with Crippen molar-refractivity contribution in [3.05, 3.63) is 18.2 Å². The number of ether oxygens (including phenoxy) is 2. The fraction of sp³-hybridized carbons (Fsp3) is 0.333. The molecular weight excluding hydrogens is 250 g/mol. The minimum Gasteiger partial charge on any atom is -0.490 e. The minimum absolute atomic E-state index is 0.146. The highest BCUT2D eigenvalue weighted by Crippen LogP contribution is 2.32. The van der Waals surface area contributed by atoms with Crippen molar-refractivity contribution in [3.8, 4) is 11.5 Å². The molecule has 0 fully saturated rings. The highest BCUT2D eigenvalue weighted by molar-refractivity contribution is 6.04. The van der Waals surface area contributed by atoms with Gasteiger partial charge in [0.05, 0.1) is 19.6 Å². The van der Waals surface area contributed by atoms with E-state index in [9.17, 15) is 4.79 Å². The molecule has 0 aromatic heterocycles. The average molecular weight is 265 g/mol. The van der Waals surface area contributed by atoms with Crippen molar-refractivity contribution in [2.24, 2.45) is 10.9 Å². The van der Waals surface area contributed by atoms with Crippen molar-refractivity contribution in [2.45, 2.75) is 12.8 Å². The number of benzene rings is 1. The van der Waals surface area contributed by atoms with Crippen molar-refractivity contribution in [1.29, 1.82) is 0 Å². The predicted molar refractivity (Wildman–Crippen MR) is 68.7 cm³/mol. The number of carbonyl (C=O) groups is 1. The van der Waals surface area contributed by atoms with E-state index in [2.05, 4.69) is 10.5 Å². The van der Waals surface area contributed by atoms with Crippen molar-refractivity contribution in [2.75, 3.05) is 18.5 Å². The standard InChI is InChI=1S/C12H15N3O4/c13-11(15-17)7-12(16)14-8-2-3-9-10(6-8)19-5-1-4-18-9/h2-3,6,17H,1,4-5,7H2,(H2,13,15)(H,14,16). The van der Waals surface area contributed by atoms with E-state index >= 15 is 0 Å². The maximum Gasteiger partial charge on any atom is 0.232 e. The van der Waals surface area contributed by atoms with Gasteiger partial charge in [-0.3, -0.25) is 4.79 Å². The summed E-state index contributed by atoms with van der Waals surface area (Å²) in [6, 6.07) is 5.13. The topological polar surface area (TPSA) is 106 Å². The summed E-state index contributed by atoms with van der Waals surface area (Å²) >= 11 is 0. The molecule has 0 atom stereocenters. The fourth-order valence-corrected chi connectivity index (χ4v) is 1.65. The summed E-state index contributed by atoms with van der Waals surface area (Å²) in [6.45, 7) is 1.19. The second-order valence-electron chi connectivity index (χ2n) is 4.03. The van der Waals surface area contributed by atoms with Crippen LogP contribution in [0.25, 0.3) is 0 Å². The summed E-state index contributed by atoms with van der Waals surface area (Å²) in [5, 5.41) is 13.8. The summed E-state index contributed by atoms with van der Waals surface area (Å²) < 4.78 is 11.0. The highest BCUT2D eigenvalue weighted by Gasteiger charge is 2.12. The van der Waals surface area contributed by atoms with E-state index in [0.29, 0.717) is 30.4 Å². The van der Waals surface area contributed by atoms with Crippen LogP contribution in [0.15, 0.2) is 23.4 Å². The van der Waals surface area contributed by atoms with Gasteiger partial charge >= 0.3 is 0 Å². The number of anilines is 1. The molecule has 1 aromatic rings. The molecule has 0 unspecified atom stereocenters. The molecule has 1 amide bonds. The van der Waals surface area contributed by atoms with E-state index < -0.39 is 0 Å². The van der Waals surface area contributed by atoms with Gasteiger partial charge in [-0.05, 0) is 12.1 Å². The Morgan fingerprint density at radius 2 is 2.11 bits per heavy atom. The second kappa shape index (κ2) is 5.94. The van der Waals surface area contributed by atoms with Crippen LogP contribution in [0.3, 0.4) is 0 Å². The number of nitrogens with zero attached hydrogens (tertiary/aromatic N) is 1. The molecule has 1 aromatic carbocycles. The van der Waals surface area contributed by atoms with Crippen molar-refractivity contribution in [3.63, 3.8) is 0 Å². The molecular formula is C12H15N3O4. The quantitative estimate of drug-likeness (QED) is 0.326. The molecule has 1 aliphatic heterocycles. The number of amidine groups is 1. The van der Waals surface area contributed by atoms with E-state index in [-0.39, 0.29) is 18.2 Å². The number of rotatable bonds is 3. The number of hydrogen-bond donors (Lipinski definition) is 3. The first-order valence-electron chi connectivity index (χ1n) is 5.85. The molecule has 0 radical (unpaired) electrons. The van der Waals surface area contributed by atoms with Crippen LogP contribution >= 0.6 is 0 Å². The molecule has 2 rings (SSSR count). The maximum atomic E-state index is 11.6. The summed E-state index contributed by atoms with van der Waals surface area (Å²) in [6.07, 6.45) is 0.644. The first kappa shape index (κ1) is 13.0. The van der Waals surface area contributed by atoms with Gasteiger partial charge in [-0.25, -0.2) is 0 Å². The van der Waals surface area contributed by atoms with Gasteiger partial charge in [0.1, 0.15) is 5.84 Å². The summed E-state index contributed by atoms with van der Waals surface area (Å²) in [7, 11) is 0. The van der Waals surface area contributed by atoms with Crippen LogP contribution < -0.4 is 20.5 Å². The van der Waals surface area contributed by atoms with E-state index in [1.165, 1.54) is 0 Å². The average Bonchev–Trinajstić information content (AvgIpc) is 2.63. The van der Waals surface area contributed by atoms with Gasteiger partial charge in [0.25, 0.3) is 0 Å². The monoisotopic (exact) mass is 265 g/mol. The predicted octanol–water partition coefficient (Wildman–Crippen LogP) is 0.923. The van der Waals surface area contributed by atoms with Crippen LogP contribution in [0.4, 0.5) is 5.69 Å². The summed E-state index contributed by atoms with van der Waals surface area (Å²) in [4.78, 5) is 11.6. The Morgan fingerprint density at radius 3 is 2.84 bits per heavy atom. The maximum absolute atomic E-state index is 11.6. The lowest BCUT2D eigenvalue weighted by Crippen LogP contribution is -2.22. The molecule has 4 N–H and O–H groups in total. The van der Waals surface area contributed by atoms with Gasteiger partial charge in [0, 0.05) is 18.2 Å². The molecule has 7 heteroatoms. The van der Waals surface area contributed by atoms with Gasteiger partial charge in [0.2, 0.25) is 5.91 Å². The number of oxime groups is 1. The van der Waals surface area contributed by atoms with Crippen LogP contribution in [-0.4, -0.2) is 30.2 Å². The highest BCUT2D eigenvalue weighted by atomic mass is 16.5. The Morgan fingerprint density at radius 1 is 1.37 bits per heavy atom. The van der Waals surface area contributed by atoms with Crippen LogP contribution in [0.2, 0.25) is 0 Å². The lowest BCUT2D eigenvalue weighted by Gasteiger charge is -2.10. The lowest BCUT2D eigenvalue weighted by molar-refractivity contribution is -0.115. The van der Waals surface area contributed by atoms with Crippen molar-refractivity contribution in [1.82, 2.24) is 0 Å². The smallest absolute Gasteiger partial charge is 0.232 e. The SMILES string of the molecule is N/C(CC(=O)Nc1ccc2c(c1)OCCCO2)=N\O. The lowest BCUT2D eigenvalue weighted by atomic mass is 10.2. The van der Waals surface area contributed by atoms with Crippen molar-refractivity contribution >= 4 is 17.4 Å².